The Kier molecular flexibility index (Phi) is 8.01. The van der Waals surface area contributed by atoms with Crippen molar-refractivity contribution in [3.8, 4) is 0 Å². The highest BCUT2D eigenvalue weighted by atomic mass is 32.1. The van der Waals surface area contributed by atoms with E-state index in [9.17, 15) is 4.57 Å². The summed E-state index contributed by atoms with van der Waals surface area (Å²) in [6.45, 7) is 0. The maximum absolute atomic E-state index is 9.83. The summed E-state index contributed by atoms with van der Waals surface area (Å²) >= 11 is 4.16. The standard InChI is InChI=1S/CH5N2O4PS.CH4N2/c2-1(9)3-7-8(4,5)6;2-1-3/h(H3,2,3,9)(H2,4,5,6);1H,(H3,2,3). The number of nitrogens with one attached hydrogen (secondary N) is 2. The summed E-state index contributed by atoms with van der Waals surface area (Å²) in [6.07, 6.45) is 0.750. The second-order valence-electron chi connectivity index (χ2n) is 1.21. The Morgan fingerprint density at radius 2 is 2.08 bits per heavy atom. The van der Waals surface area contributed by atoms with Gasteiger partial charge in [0.15, 0.2) is 5.11 Å². The number of rotatable bonds is 2. The van der Waals surface area contributed by atoms with Crippen molar-refractivity contribution in [2.24, 2.45) is 11.5 Å². The summed E-state index contributed by atoms with van der Waals surface area (Å²) in [6, 6.07) is 0. The zero-order chi connectivity index (χ0) is 10.2. The maximum atomic E-state index is 9.83. The SMILES string of the molecule is N=CN.NC(=S)NOP(=O)(O)O. The summed E-state index contributed by atoms with van der Waals surface area (Å²) < 4.78 is 13.5. The van der Waals surface area contributed by atoms with Crippen LogP contribution in [0.5, 0.6) is 0 Å². The Balaban J connectivity index is 0. The van der Waals surface area contributed by atoms with Gasteiger partial charge in [0, 0.05) is 0 Å². The molecule has 0 unspecified atom stereocenters. The molecule has 0 aromatic carbocycles. The Labute approximate surface area is 73.6 Å². The highest BCUT2D eigenvalue weighted by Crippen LogP contribution is 2.33. The van der Waals surface area contributed by atoms with Crippen LogP contribution in [-0.4, -0.2) is 21.2 Å². The molecule has 0 aliphatic rings. The van der Waals surface area contributed by atoms with Gasteiger partial charge in [-0.2, -0.15) is 4.62 Å². The third-order valence-electron chi connectivity index (χ3n) is 0.265. The van der Waals surface area contributed by atoms with Crippen LogP contribution < -0.4 is 16.9 Å². The maximum Gasteiger partial charge on any atom is 0.491 e. The molecule has 0 atom stereocenters. The lowest BCUT2D eigenvalue weighted by Gasteiger charge is -2.03. The molecule has 0 saturated heterocycles. The molecule has 0 bridgehead atoms. The van der Waals surface area contributed by atoms with Crippen molar-refractivity contribution in [2.45, 2.75) is 0 Å². The second-order valence-corrected chi connectivity index (χ2v) is 2.82. The molecule has 0 rings (SSSR count). The van der Waals surface area contributed by atoms with Crippen molar-refractivity contribution in [1.82, 2.24) is 5.48 Å². The second kappa shape index (κ2) is 6.95. The van der Waals surface area contributed by atoms with Crippen LogP contribution in [0.15, 0.2) is 0 Å². The molecule has 72 valence electrons. The fourth-order valence-electron chi connectivity index (χ4n) is 0.104. The van der Waals surface area contributed by atoms with Crippen molar-refractivity contribution in [3.05, 3.63) is 0 Å². The lowest BCUT2D eigenvalue weighted by atomic mass is 11.2. The molecule has 0 heterocycles. The summed E-state index contributed by atoms with van der Waals surface area (Å²) in [7, 11) is -4.50. The Morgan fingerprint density at radius 1 is 1.75 bits per heavy atom. The van der Waals surface area contributed by atoms with E-state index in [0.29, 0.717) is 0 Å². The number of hydrogen-bond donors (Lipinski definition) is 6. The summed E-state index contributed by atoms with van der Waals surface area (Å²) in [5.74, 6) is 0. The molecular weight excluding hydrogens is 207 g/mol. The molecule has 0 radical (unpaired) electrons. The van der Waals surface area contributed by atoms with Crippen molar-refractivity contribution < 1.29 is 19.0 Å². The van der Waals surface area contributed by atoms with Crippen LogP contribution in [0.2, 0.25) is 0 Å². The van der Waals surface area contributed by atoms with Crippen molar-refractivity contribution in [3.63, 3.8) is 0 Å². The van der Waals surface area contributed by atoms with Crippen LogP contribution in [0.4, 0.5) is 0 Å². The molecule has 10 heteroatoms. The van der Waals surface area contributed by atoms with Gasteiger partial charge in [0.05, 0.1) is 6.34 Å². The van der Waals surface area contributed by atoms with E-state index in [1.165, 1.54) is 0 Å². The minimum Gasteiger partial charge on any atom is -0.390 e. The van der Waals surface area contributed by atoms with E-state index >= 15 is 0 Å². The van der Waals surface area contributed by atoms with Gasteiger partial charge < -0.3 is 21.3 Å². The van der Waals surface area contributed by atoms with Gasteiger partial charge in [-0.1, -0.05) is 0 Å². The van der Waals surface area contributed by atoms with E-state index in [4.69, 9.17) is 20.9 Å². The Bertz CT molecular complexity index is 191. The highest BCUT2D eigenvalue weighted by molar-refractivity contribution is 7.80. The third-order valence-corrected chi connectivity index (χ3v) is 0.678. The number of thiocarbonyl (C=S) groups is 1. The lowest BCUT2D eigenvalue weighted by molar-refractivity contribution is 0.164. The van der Waals surface area contributed by atoms with Gasteiger partial charge in [-0.05, 0) is 12.2 Å². The molecule has 0 spiro atoms. The molecule has 0 amide bonds. The van der Waals surface area contributed by atoms with E-state index in [0.717, 1.165) is 6.34 Å². The van der Waals surface area contributed by atoms with Gasteiger partial charge in [-0.15, -0.1) is 0 Å². The minimum atomic E-state index is -4.50. The molecule has 0 aromatic heterocycles. The van der Waals surface area contributed by atoms with Gasteiger partial charge in [-0.3, -0.25) is 5.41 Å². The third kappa shape index (κ3) is 22.8. The van der Waals surface area contributed by atoms with Crippen LogP contribution in [0.3, 0.4) is 0 Å². The molecule has 0 aliphatic heterocycles. The number of phosphoric acid groups is 1. The quantitative estimate of drug-likeness (QED) is 0.106. The molecule has 0 aromatic rings. The summed E-state index contributed by atoms with van der Waals surface area (Å²) in [5, 5.41) is 5.53. The van der Waals surface area contributed by atoms with E-state index in [2.05, 4.69) is 22.6 Å². The number of hydroxylamine groups is 1. The van der Waals surface area contributed by atoms with Crippen LogP contribution in [0.25, 0.3) is 0 Å². The van der Waals surface area contributed by atoms with Crippen LogP contribution in [0, 0.1) is 5.41 Å². The predicted octanol–water partition coefficient (Wildman–Crippen LogP) is -1.60. The van der Waals surface area contributed by atoms with E-state index in [1.54, 1.807) is 5.48 Å². The van der Waals surface area contributed by atoms with Gasteiger partial charge in [0.1, 0.15) is 0 Å². The Morgan fingerprint density at radius 3 is 2.17 bits per heavy atom. The molecule has 12 heavy (non-hydrogen) atoms. The molecular formula is C2H9N4O4PS. The summed E-state index contributed by atoms with van der Waals surface area (Å²) in [4.78, 5) is 16.0. The van der Waals surface area contributed by atoms with Crippen LogP contribution in [0.1, 0.15) is 0 Å². The van der Waals surface area contributed by atoms with E-state index in [1.807, 2.05) is 0 Å². The van der Waals surface area contributed by atoms with E-state index in [-0.39, 0.29) is 5.11 Å². The summed E-state index contributed by atoms with van der Waals surface area (Å²) in [5.41, 5.74) is 10.8. The largest absolute Gasteiger partial charge is 0.491 e. The Hall–Kier alpha value is -0.730. The van der Waals surface area contributed by atoms with Gasteiger partial charge >= 0.3 is 7.82 Å². The first-order valence-electron chi connectivity index (χ1n) is 2.33. The fourth-order valence-corrected chi connectivity index (χ4v) is 0.425. The molecule has 0 saturated carbocycles. The molecule has 8 nitrogen and oxygen atoms in total. The lowest BCUT2D eigenvalue weighted by Crippen LogP contribution is -2.27. The average molecular weight is 216 g/mol. The topological polar surface area (TPSA) is 155 Å². The van der Waals surface area contributed by atoms with Gasteiger partial charge in [0.25, 0.3) is 0 Å². The van der Waals surface area contributed by atoms with Crippen molar-refractivity contribution in [1.29, 1.82) is 5.41 Å². The fraction of sp³-hybridized carbons (Fsp3) is 0. The monoisotopic (exact) mass is 216 g/mol. The first-order valence-corrected chi connectivity index (χ1v) is 4.27. The molecule has 0 fully saturated rings. The average Bonchev–Trinajstić information content (AvgIpc) is 1.84. The molecule has 8 N–H and O–H groups in total. The first kappa shape index (κ1) is 13.8. The molecule has 0 aliphatic carbocycles. The first-order chi connectivity index (χ1) is 5.33. The minimum absolute atomic E-state index is 0.335. The van der Waals surface area contributed by atoms with Crippen LogP contribution >= 0.6 is 20.0 Å². The zero-order valence-corrected chi connectivity index (χ0v) is 7.51. The van der Waals surface area contributed by atoms with Gasteiger partial charge in [-0.25, -0.2) is 10.0 Å². The smallest absolute Gasteiger partial charge is 0.390 e. The number of nitrogens with two attached hydrogens (primary N) is 2. The normalized spacial score (nSPS) is 9.17. The van der Waals surface area contributed by atoms with Crippen molar-refractivity contribution >= 4 is 31.5 Å². The van der Waals surface area contributed by atoms with Crippen LogP contribution in [-0.2, 0) is 9.19 Å². The predicted molar refractivity (Wildman–Crippen MR) is 46.0 cm³/mol. The highest BCUT2D eigenvalue weighted by Gasteiger charge is 2.13. The number of hydrogen-bond acceptors (Lipinski definition) is 4. The van der Waals surface area contributed by atoms with Gasteiger partial charge in [0.2, 0.25) is 0 Å². The van der Waals surface area contributed by atoms with E-state index < -0.39 is 7.82 Å². The van der Waals surface area contributed by atoms with Crippen molar-refractivity contribution in [2.75, 3.05) is 0 Å². The zero-order valence-electron chi connectivity index (χ0n) is 5.80.